The molecule has 4 rings (SSSR count). The number of carbonyl (C=O) groups excluding carboxylic acids is 3. The van der Waals surface area contributed by atoms with Gasteiger partial charge < -0.3 is 4.98 Å². The smallest absolute Gasteiger partial charge is 0.350 e. The van der Waals surface area contributed by atoms with Crippen molar-refractivity contribution < 1.29 is 18.8 Å². The fourth-order valence-electron chi connectivity index (χ4n) is 3.02. The predicted molar refractivity (Wildman–Crippen MR) is 101 cm³/mol. The lowest BCUT2D eigenvalue weighted by molar-refractivity contribution is -0.130. The molecule has 142 valence electrons. The summed E-state index contributed by atoms with van der Waals surface area (Å²) in [4.78, 5) is 41.6. The molecule has 1 aromatic heterocycles. The summed E-state index contributed by atoms with van der Waals surface area (Å²) < 4.78 is 13.5. The van der Waals surface area contributed by atoms with Gasteiger partial charge in [-0.25, -0.2) is 9.18 Å². The molecule has 28 heavy (non-hydrogen) atoms. The number of fused-ring (bicyclic) bond motifs is 1. The first-order valence-corrected chi connectivity index (χ1v) is 8.79. The van der Waals surface area contributed by atoms with E-state index < -0.39 is 23.7 Å². The summed E-state index contributed by atoms with van der Waals surface area (Å²) in [5.41, 5.74) is 3.48. The van der Waals surface area contributed by atoms with Crippen LogP contribution in [0.2, 0.25) is 5.02 Å². The minimum Gasteiger partial charge on any atom is -0.350 e. The molecular weight excluding hydrogens is 387 g/mol. The number of anilines is 1. The van der Waals surface area contributed by atoms with Crippen LogP contribution in [0.25, 0.3) is 10.9 Å². The van der Waals surface area contributed by atoms with Crippen LogP contribution in [0.4, 0.5) is 14.9 Å². The molecule has 0 aliphatic carbocycles. The molecule has 4 amide bonds. The largest absolute Gasteiger partial charge is 0.350 e. The van der Waals surface area contributed by atoms with Gasteiger partial charge in [-0.1, -0.05) is 17.7 Å². The Morgan fingerprint density at radius 1 is 1.14 bits per heavy atom. The van der Waals surface area contributed by atoms with Crippen molar-refractivity contribution in [3.8, 4) is 0 Å². The zero-order valence-corrected chi connectivity index (χ0v) is 15.2. The Kier molecular flexibility index (Phi) is 4.48. The average molecular weight is 401 g/mol. The Morgan fingerprint density at radius 2 is 1.96 bits per heavy atom. The molecule has 1 saturated heterocycles. The van der Waals surface area contributed by atoms with Crippen LogP contribution >= 0.6 is 11.6 Å². The van der Waals surface area contributed by atoms with Gasteiger partial charge in [0.05, 0.1) is 0 Å². The summed E-state index contributed by atoms with van der Waals surface area (Å²) >= 11 is 5.94. The van der Waals surface area contributed by atoms with Crippen LogP contribution in [0.3, 0.4) is 0 Å². The normalized spacial score (nSPS) is 14.6. The van der Waals surface area contributed by atoms with Crippen LogP contribution in [0.1, 0.15) is 16.9 Å². The Balaban J connectivity index is 1.57. The number of amides is 4. The van der Waals surface area contributed by atoms with Crippen molar-refractivity contribution in [2.75, 3.05) is 11.4 Å². The van der Waals surface area contributed by atoms with Crippen LogP contribution < -0.4 is 10.3 Å². The minimum atomic E-state index is -0.755. The maximum atomic E-state index is 13.5. The van der Waals surface area contributed by atoms with Gasteiger partial charge in [-0.15, -0.1) is 0 Å². The first-order chi connectivity index (χ1) is 13.4. The van der Waals surface area contributed by atoms with Crippen LogP contribution in [0.15, 0.2) is 48.5 Å². The maximum absolute atomic E-state index is 13.5. The van der Waals surface area contributed by atoms with Crippen molar-refractivity contribution in [2.24, 2.45) is 0 Å². The number of hydrogen-bond acceptors (Lipinski definition) is 3. The van der Waals surface area contributed by atoms with Gasteiger partial charge in [0.1, 0.15) is 11.5 Å². The summed E-state index contributed by atoms with van der Waals surface area (Å²) in [6.45, 7) is 0.0956. The number of aromatic nitrogens is 1. The van der Waals surface area contributed by atoms with Gasteiger partial charge in [0.25, 0.3) is 11.8 Å². The number of urea groups is 1. The molecular formula is C19H14ClFN4O3. The number of hydrogen-bond donors (Lipinski definition) is 2. The number of rotatable bonds is 3. The van der Waals surface area contributed by atoms with E-state index in [1.54, 1.807) is 30.3 Å². The Morgan fingerprint density at radius 3 is 2.75 bits per heavy atom. The summed E-state index contributed by atoms with van der Waals surface area (Å²) in [6.07, 6.45) is -0.00908. The van der Waals surface area contributed by atoms with Crippen LogP contribution in [-0.2, 0) is 4.79 Å². The van der Waals surface area contributed by atoms with E-state index in [0.717, 1.165) is 5.39 Å². The first-order valence-electron chi connectivity index (χ1n) is 8.41. The molecule has 2 heterocycles. The number of nitrogens with one attached hydrogen (secondary N) is 2. The van der Waals surface area contributed by atoms with E-state index in [2.05, 4.69) is 10.4 Å². The van der Waals surface area contributed by atoms with E-state index in [9.17, 15) is 18.8 Å². The van der Waals surface area contributed by atoms with Crippen LogP contribution in [0, 0.1) is 5.82 Å². The number of benzene rings is 2. The molecule has 0 spiro atoms. The molecule has 9 heteroatoms. The van der Waals surface area contributed by atoms with Gasteiger partial charge in [0, 0.05) is 34.6 Å². The van der Waals surface area contributed by atoms with E-state index in [1.165, 1.54) is 23.1 Å². The molecule has 0 atom stereocenters. The molecule has 1 aliphatic heterocycles. The van der Waals surface area contributed by atoms with Gasteiger partial charge in [0.15, 0.2) is 0 Å². The third-order valence-corrected chi connectivity index (χ3v) is 4.62. The fourth-order valence-corrected chi connectivity index (χ4v) is 3.20. The quantitative estimate of drug-likeness (QED) is 0.706. The number of halogens is 2. The predicted octanol–water partition coefficient (Wildman–Crippen LogP) is 3.46. The van der Waals surface area contributed by atoms with E-state index in [4.69, 9.17) is 11.6 Å². The van der Waals surface area contributed by atoms with Crippen LogP contribution in [-0.4, -0.2) is 34.4 Å². The molecule has 2 N–H and O–H groups in total. The molecule has 1 fully saturated rings. The second kappa shape index (κ2) is 6.97. The van der Waals surface area contributed by atoms with E-state index in [1.807, 2.05) is 0 Å². The van der Waals surface area contributed by atoms with Gasteiger partial charge in [-0.05, 0) is 42.5 Å². The average Bonchev–Trinajstić information content (AvgIpc) is 3.08. The van der Waals surface area contributed by atoms with Crippen molar-refractivity contribution in [3.63, 3.8) is 0 Å². The summed E-state index contributed by atoms with van der Waals surface area (Å²) in [6, 6.07) is 11.4. The third-order valence-electron chi connectivity index (χ3n) is 4.38. The molecule has 0 saturated carbocycles. The Hall–Kier alpha value is -3.39. The monoisotopic (exact) mass is 400 g/mol. The van der Waals surface area contributed by atoms with Gasteiger partial charge in [-0.2, -0.15) is 5.01 Å². The number of aromatic amines is 1. The van der Waals surface area contributed by atoms with Gasteiger partial charge in [-0.3, -0.25) is 19.9 Å². The van der Waals surface area contributed by atoms with Crippen molar-refractivity contribution in [1.29, 1.82) is 0 Å². The van der Waals surface area contributed by atoms with Crippen molar-refractivity contribution in [3.05, 3.63) is 65.1 Å². The summed E-state index contributed by atoms with van der Waals surface area (Å²) in [5, 5.41) is 1.88. The van der Waals surface area contributed by atoms with Crippen molar-refractivity contribution in [2.45, 2.75) is 6.42 Å². The molecule has 0 bridgehead atoms. The zero-order valence-electron chi connectivity index (χ0n) is 14.4. The molecule has 2 aromatic carbocycles. The number of nitrogens with zero attached hydrogens (tertiary/aromatic N) is 2. The lowest BCUT2D eigenvalue weighted by Gasteiger charge is -2.33. The van der Waals surface area contributed by atoms with Gasteiger partial charge >= 0.3 is 6.03 Å². The second-order valence-corrected chi connectivity index (χ2v) is 6.69. The number of hydrazine groups is 1. The van der Waals surface area contributed by atoms with Crippen molar-refractivity contribution in [1.82, 2.24) is 15.4 Å². The van der Waals surface area contributed by atoms with Gasteiger partial charge in [0.2, 0.25) is 0 Å². The maximum Gasteiger partial charge on any atom is 0.350 e. The highest BCUT2D eigenvalue weighted by Gasteiger charge is 2.34. The standard InChI is InChI=1S/C19H14ClFN4O3/c20-12-4-5-15-11(8-12)9-16(22-15)18(27)23-25-17(26)6-7-24(19(25)28)14-3-1-2-13(21)10-14/h1-5,8-10,22H,6-7H2,(H,23,27). The van der Waals surface area contributed by atoms with Crippen LogP contribution in [0.5, 0.6) is 0 Å². The number of imide groups is 1. The Bertz CT molecular complexity index is 1110. The topological polar surface area (TPSA) is 85.5 Å². The molecule has 3 aromatic rings. The molecule has 0 radical (unpaired) electrons. The highest BCUT2D eigenvalue weighted by Crippen LogP contribution is 2.22. The minimum absolute atomic E-state index is 0.00908. The summed E-state index contributed by atoms with van der Waals surface area (Å²) in [7, 11) is 0. The Labute approximate surface area is 163 Å². The second-order valence-electron chi connectivity index (χ2n) is 6.25. The number of H-pyrrole nitrogens is 1. The molecule has 1 aliphatic rings. The molecule has 0 unspecified atom stereocenters. The molecule has 7 nitrogen and oxygen atoms in total. The van der Waals surface area contributed by atoms with E-state index in [-0.39, 0.29) is 18.7 Å². The number of carbonyl (C=O) groups is 3. The van der Waals surface area contributed by atoms with E-state index in [0.29, 0.717) is 21.2 Å². The fraction of sp³-hybridized carbons (Fsp3) is 0.105. The highest BCUT2D eigenvalue weighted by atomic mass is 35.5. The third kappa shape index (κ3) is 3.29. The van der Waals surface area contributed by atoms with E-state index >= 15 is 0 Å². The highest BCUT2D eigenvalue weighted by molar-refractivity contribution is 6.31. The lowest BCUT2D eigenvalue weighted by atomic mass is 10.2. The van der Waals surface area contributed by atoms with Crippen molar-refractivity contribution >= 4 is 46.0 Å². The summed E-state index contributed by atoms with van der Waals surface area (Å²) in [5.74, 6) is -1.71. The zero-order chi connectivity index (χ0) is 19.8. The SMILES string of the molecule is O=C(NN1C(=O)CCN(c2cccc(F)c2)C1=O)c1cc2cc(Cl)ccc2[nH]1. The first kappa shape index (κ1) is 18.0. The lowest BCUT2D eigenvalue weighted by Crippen LogP contribution is -2.59.